The van der Waals surface area contributed by atoms with Gasteiger partial charge in [-0.05, 0) is 54.2 Å². The summed E-state index contributed by atoms with van der Waals surface area (Å²) in [6.45, 7) is 6.52. The summed E-state index contributed by atoms with van der Waals surface area (Å²) in [5.41, 5.74) is 8.04. The Kier molecular flexibility index (Phi) is 11.9. The minimum Gasteiger partial charge on any atom is -0.397 e. The van der Waals surface area contributed by atoms with Crippen molar-refractivity contribution in [2.45, 2.75) is 63.7 Å². The molecule has 0 radical (unpaired) electrons. The number of aryl methyl sites for hydroxylation is 1. The van der Waals surface area contributed by atoms with Crippen LogP contribution >= 0.6 is 11.6 Å². The van der Waals surface area contributed by atoms with E-state index in [1.54, 1.807) is 43.8 Å². The number of amides is 4. The number of pyridine rings is 1. The van der Waals surface area contributed by atoms with Crippen LogP contribution < -0.4 is 11.1 Å². The summed E-state index contributed by atoms with van der Waals surface area (Å²) in [5.74, 6) is -1.16. The number of nitrogens with one attached hydrogen (secondary N) is 1. The van der Waals surface area contributed by atoms with E-state index >= 15 is 0 Å². The summed E-state index contributed by atoms with van der Waals surface area (Å²) >= 11 is 6.06. The van der Waals surface area contributed by atoms with Crippen LogP contribution in [-0.4, -0.2) is 97.8 Å². The van der Waals surface area contributed by atoms with Crippen LogP contribution in [0.4, 0.5) is 10.5 Å². The molecule has 14 nitrogen and oxygen atoms in total. The van der Waals surface area contributed by atoms with Gasteiger partial charge in [0.05, 0.1) is 34.3 Å². The second-order valence-electron chi connectivity index (χ2n) is 13.8. The highest BCUT2D eigenvalue weighted by Crippen LogP contribution is 2.27. The van der Waals surface area contributed by atoms with E-state index in [0.29, 0.717) is 17.0 Å². The van der Waals surface area contributed by atoms with Crippen molar-refractivity contribution in [3.05, 3.63) is 83.3 Å². The summed E-state index contributed by atoms with van der Waals surface area (Å²) in [5, 5.41) is 14.9. The number of urea groups is 1. The normalized spacial score (nSPS) is 15.7. The lowest BCUT2D eigenvalue weighted by molar-refractivity contribution is -0.129. The molecule has 16 heteroatoms. The van der Waals surface area contributed by atoms with Gasteiger partial charge in [-0.1, -0.05) is 69.6 Å². The Hall–Kier alpha value is -4.57. The molecule has 0 spiro atoms. The van der Waals surface area contributed by atoms with Crippen LogP contribution in [0.5, 0.6) is 0 Å². The molecule has 2 aromatic carbocycles. The lowest BCUT2D eigenvalue weighted by atomic mass is 9.97. The molecule has 4 N–H and O–H groups in total. The van der Waals surface area contributed by atoms with Crippen LogP contribution in [0, 0.1) is 11.8 Å². The molecule has 278 valence electrons. The molecule has 0 unspecified atom stereocenters. The average Bonchev–Trinajstić information content (AvgIpc) is 3.55. The molecular weight excluding hydrogens is 708 g/mol. The fourth-order valence-electron chi connectivity index (χ4n) is 6.36. The fraction of sp³-hybridized carbons (Fsp3) is 0.417. The molecule has 4 amide bonds. The van der Waals surface area contributed by atoms with E-state index in [1.807, 2.05) is 44.2 Å². The van der Waals surface area contributed by atoms with Gasteiger partial charge in [-0.15, -0.1) is 0 Å². The number of fused-ring (bicyclic) bond motifs is 1. The summed E-state index contributed by atoms with van der Waals surface area (Å²) in [7, 11) is -2.40. The highest BCUT2D eigenvalue weighted by atomic mass is 35.5. The van der Waals surface area contributed by atoms with Crippen molar-refractivity contribution in [3.63, 3.8) is 0 Å². The Bertz CT molecular complexity index is 2040. The number of sulfonamides is 1. The number of imidazole rings is 1. The largest absolute Gasteiger partial charge is 0.397 e. The molecule has 0 aliphatic carbocycles. The number of carbonyl (C=O) groups excluding carboxylic acids is 3. The molecule has 2 aromatic heterocycles. The number of imide groups is 1. The number of nitrogens with two attached hydrogens (primary N) is 1. The first kappa shape index (κ1) is 38.7. The number of rotatable bonds is 15. The van der Waals surface area contributed by atoms with E-state index in [4.69, 9.17) is 17.3 Å². The van der Waals surface area contributed by atoms with E-state index in [9.17, 15) is 27.9 Å². The van der Waals surface area contributed by atoms with Crippen LogP contribution in [-0.2, 0) is 39.6 Å². The zero-order valence-corrected chi connectivity index (χ0v) is 31.4. The lowest BCUT2D eigenvalue weighted by Crippen LogP contribution is -2.57. The monoisotopic (exact) mass is 752 g/mol. The number of hydrogen-bond acceptors (Lipinski definition) is 9. The smallest absolute Gasteiger partial charge is 0.328 e. The fourth-order valence-corrected chi connectivity index (χ4v) is 8.13. The van der Waals surface area contributed by atoms with Crippen molar-refractivity contribution in [1.29, 1.82) is 0 Å². The molecule has 1 aliphatic heterocycles. The third-order valence-corrected chi connectivity index (χ3v) is 11.2. The van der Waals surface area contributed by atoms with Gasteiger partial charge in [0.25, 0.3) is 5.91 Å². The Balaban J connectivity index is 1.39. The summed E-state index contributed by atoms with van der Waals surface area (Å²) in [4.78, 5) is 52.3. The maximum atomic E-state index is 14.2. The van der Waals surface area contributed by atoms with Crippen molar-refractivity contribution < 1.29 is 27.9 Å². The molecule has 0 bridgehead atoms. The number of carbonyl (C=O) groups is 3. The van der Waals surface area contributed by atoms with Gasteiger partial charge in [0, 0.05) is 26.3 Å². The average molecular weight is 753 g/mol. The Labute approximate surface area is 308 Å². The number of nitrogen functional groups attached to an aromatic ring is 1. The van der Waals surface area contributed by atoms with Gasteiger partial charge in [0.15, 0.2) is 5.65 Å². The topological polar surface area (TPSA) is 184 Å². The highest BCUT2D eigenvalue weighted by Gasteiger charge is 2.45. The van der Waals surface area contributed by atoms with E-state index < -0.39 is 52.0 Å². The number of aromatic nitrogens is 3. The molecule has 1 aliphatic rings. The standard InChI is InChI=1S/C36H45ClN8O6S/c1-22(2)18-43(52(50,51)25-13-14-26(37)27(38)17-25)19-30(46)29(16-24-10-7-6-8-11-24)41-35(48)33(23(3)4)45-21-32(47)44(36(45)49)20-31-40-28-12-9-15-39-34(28)42(31)5/h6-15,17,22-23,29-30,33,46H,16,18-21,38H2,1-5H3,(H,41,48)/t29-,30+,33-/m0/s1. The van der Waals surface area contributed by atoms with Crippen molar-refractivity contribution in [2.75, 3.05) is 25.4 Å². The van der Waals surface area contributed by atoms with Crippen molar-refractivity contribution >= 4 is 56.3 Å². The number of hydrogen-bond donors (Lipinski definition) is 3. The number of nitrogens with zero attached hydrogens (tertiary/aromatic N) is 6. The second-order valence-corrected chi connectivity index (χ2v) is 16.1. The Morgan fingerprint density at radius 2 is 1.77 bits per heavy atom. The molecule has 1 saturated heterocycles. The molecule has 52 heavy (non-hydrogen) atoms. The molecule has 3 atom stereocenters. The molecule has 1 fully saturated rings. The van der Waals surface area contributed by atoms with Crippen molar-refractivity contribution in [1.82, 2.24) is 34.0 Å². The van der Waals surface area contributed by atoms with Crippen LogP contribution in [0.1, 0.15) is 39.1 Å². The zero-order valence-electron chi connectivity index (χ0n) is 29.8. The molecule has 3 heterocycles. The van der Waals surface area contributed by atoms with Gasteiger partial charge >= 0.3 is 6.03 Å². The lowest BCUT2D eigenvalue weighted by Gasteiger charge is -2.34. The third-order valence-electron chi connectivity index (χ3n) is 8.99. The summed E-state index contributed by atoms with van der Waals surface area (Å²) in [6.07, 6.45) is 0.405. The third kappa shape index (κ3) is 8.38. The van der Waals surface area contributed by atoms with Crippen molar-refractivity contribution in [2.24, 2.45) is 18.9 Å². The predicted molar refractivity (Wildman–Crippen MR) is 197 cm³/mol. The van der Waals surface area contributed by atoms with E-state index in [2.05, 4.69) is 15.3 Å². The zero-order chi connectivity index (χ0) is 37.9. The van der Waals surface area contributed by atoms with Gasteiger partial charge in [-0.3, -0.25) is 14.5 Å². The molecular formula is C36H45ClN8O6S. The highest BCUT2D eigenvalue weighted by molar-refractivity contribution is 7.89. The number of benzene rings is 2. The Morgan fingerprint density at radius 1 is 1.06 bits per heavy atom. The SMILES string of the molecule is CC(C)CN(C[C@@H](O)[C@H](Cc1ccccc1)NC(=O)[C@H](C(C)C)N1CC(=O)N(Cc2nc3cccnc3n2C)C1=O)S(=O)(=O)c1ccc(Cl)c(N)c1. The first-order valence-corrected chi connectivity index (χ1v) is 18.8. The number of aliphatic hydroxyl groups excluding tert-OH is 1. The predicted octanol–water partition coefficient (Wildman–Crippen LogP) is 3.43. The maximum absolute atomic E-state index is 14.2. The van der Waals surface area contributed by atoms with Crippen LogP contribution in [0.15, 0.2) is 71.8 Å². The van der Waals surface area contributed by atoms with Gasteiger partial charge in [-0.2, -0.15) is 4.31 Å². The van der Waals surface area contributed by atoms with Gasteiger partial charge in [0.2, 0.25) is 15.9 Å². The van der Waals surface area contributed by atoms with Crippen molar-refractivity contribution in [3.8, 4) is 0 Å². The van der Waals surface area contributed by atoms with Gasteiger partial charge < -0.3 is 25.6 Å². The van der Waals surface area contributed by atoms with E-state index in [1.165, 1.54) is 27.4 Å². The first-order chi connectivity index (χ1) is 24.6. The van der Waals surface area contributed by atoms with Crippen LogP contribution in [0.3, 0.4) is 0 Å². The Morgan fingerprint density at radius 3 is 2.40 bits per heavy atom. The van der Waals surface area contributed by atoms with Crippen LogP contribution in [0.25, 0.3) is 11.2 Å². The minimum atomic E-state index is -4.15. The summed E-state index contributed by atoms with van der Waals surface area (Å²) < 4.78 is 30.6. The van der Waals surface area contributed by atoms with Crippen LogP contribution in [0.2, 0.25) is 5.02 Å². The van der Waals surface area contributed by atoms with Gasteiger partial charge in [-0.25, -0.2) is 23.2 Å². The number of anilines is 1. The molecule has 5 rings (SSSR count). The first-order valence-electron chi connectivity index (χ1n) is 17.0. The van der Waals surface area contributed by atoms with E-state index in [-0.39, 0.29) is 54.1 Å². The quantitative estimate of drug-likeness (QED) is 0.121. The van der Waals surface area contributed by atoms with E-state index in [0.717, 1.165) is 10.5 Å². The number of halogens is 1. The molecule has 4 aromatic rings. The van der Waals surface area contributed by atoms with Gasteiger partial charge in [0.1, 0.15) is 23.9 Å². The summed E-state index contributed by atoms with van der Waals surface area (Å²) in [6, 6.07) is 14.0. The molecule has 0 saturated carbocycles. The maximum Gasteiger partial charge on any atom is 0.328 e. The second kappa shape index (κ2) is 16.0. The minimum absolute atomic E-state index is 0.0738. The number of aliphatic hydroxyl groups is 1.